The Morgan fingerprint density at radius 2 is 1.94 bits per heavy atom. The predicted octanol–water partition coefficient (Wildman–Crippen LogP) is 5.67. The number of hydrogen-bond acceptors (Lipinski definition) is 5. The van der Waals surface area contributed by atoms with Crippen LogP contribution in [0.2, 0.25) is 0 Å². The molecule has 31 heavy (non-hydrogen) atoms. The van der Waals surface area contributed by atoms with Gasteiger partial charge in [-0.1, -0.05) is 50.5 Å². The van der Waals surface area contributed by atoms with Crippen LogP contribution in [-0.2, 0) is 0 Å². The second kappa shape index (κ2) is 13.3. The van der Waals surface area contributed by atoms with Gasteiger partial charge in [0.25, 0.3) is 0 Å². The Morgan fingerprint density at radius 3 is 2.55 bits per heavy atom. The number of nitrogens with one attached hydrogen (secondary N) is 1. The standard InChI is InChI=1S/C24H33NO6/c1-5-6-7-10-16(2)12-13-18(4)22(27)21-19(26)15-20(31-23(21)28)17(3)11-8-9-14-25-24(29)30/h9,12-15,17,25-26H,5-8,10-11H2,1-4H3,(H,29,30). The van der Waals surface area contributed by atoms with E-state index in [9.17, 15) is 19.5 Å². The van der Waals surface area contributed by atoms with Gasteiger partial charge in [0, 0.05) is 18.2 Å². The maximum absolute atomic E-state index is 12.7. The van der Waals surface area contributed by atoms with Crippen molar-refractivity contribution in [3.63, 3.8) is 0 Å². The molecule has 0 bridgehead atoms. The highest BCUT2D eigenvalue weighted by molar-refractivity contribution is 6.09. The van der Waals surface area contributed by atoms with E-state index in [1.807, 2.05) is 19.9 Å². The first-order valence-electron chi connectivity index (χ1n) is 10.6. The van der Waals surface area contributed by atoms with E-state index in [2.05, 4.69) is 12.2 Å². The van der Waals surface area contributed by atoms with E-state index in [0.29, 0.717) is 18.4 Å². The van der Waals surface area contributed by atoms with Crippen LogP contribution < -0.4 is 10.9 Å². The van der Waals surface area contributed by atoms with Crippen LogP contribution in [0.5, 0.6) is 5.75 Å². The molecule has 0 saturated heterocycles. The summed E-state index contributed by atoms with van der Waals surface area (Å²) >= 11 is 0. The molecule has 7 heteroatoms. The number of Topliss-reactive ketones (excluding diaryl/α,β-unsaturated/α-hetero) is 1. The van der Waals surface area contributed by atoms with E-state index in [1.165, 1.54) is 12.3 Å². The molecule has 0 aliphatic heterocycles. The van der Waals surface area contributed by atoms with Crippen LogP contribution in [-0.4, -0.2) is 22.1 Å². The Balaban J connectivity index is 2.88. The van der Waals surface area contributed by atoms with Crippen molar-refractivity contribution in [2.75, 3.05) is 0 Å². The molecule has 0 spiro atoms. The van der Waals surface area contributed by atoms with Gasteiger partial charge in [-0.05, 0) is 45.1 Å². The summed E-state index contributed by atoms with van der Waals surface area (Å²) in [4.78, 5) is 35.4. The molecule has 1 heterocycles. The van der Waals surface area contributed by atoms with Gasteiger partial charge in [-0.15, -0.1) is 0 Å². The number of ketones is 1. The Bertz CT molecular complexity index is 907. The third kappa shape index (κ3) is 9.07. The third-order valence-corrected chi connectivity index (χ3v) is 4.90. The van der Waals surface area contributed by atoms with Gasteiger partial charge in [-0.2, -0.15) is 0 Å². The lowest BCUT2D eigenvalue weighted by atomic mass is 9.99. The van der Waals surface area contributed by atoms with Crippen LogP contribution in [0.3, 0.4) is 0 Å². The highest BCUT2D eigenvalue weighted by Crippen LogP contribution is 2.26. The van der Waals surface area contributed by atoms with E-state index in [1.54, 1.807) is 19.1 Å². The summed E-state index contributed by atoms with van der Waals surface area (Å²) in [5.41, 5.74) is 0.251. The molecule has 1 rings (SSSR count). The third-order valence-electron chi connectivity index (χ3n) is 4.90. The first kappa shape index (κ1) is 25.9. The molecule has 0 radical (unpaired) electrons. The molecule has 0 aliphatic rings. The smallest absolute Gasteiger partial charge is 0.408 e. The zero-order chi connectivity index (χ0) is 23.4. The molecule has 0 saturated carbocycles. The fraction of sp³-hybridized carbons (Fsp3) is 0.458. The number of unbranched alkanes of at least 4 members (excludes halogenated alkanes) is 2. The number of hydrogen-bond donors (Lipinski definition) is 3. The summed E-state index contributed by atoms with van der Waals surface area (Å²) in [6, 6.07) is 1.30. The van der Waals surface area contributed by atoms with Crippen LogP contribution in [0.15, 0.2) is 50.9 Å². The lowest BCUT2D eigenvalue weighted by molar-refractivity contribution is 0.102. The Labute approximate surface area is 183 Å². The summed E-state index contributed by atoms with van der Waals surface area (Å²) < 4.78 is 5.30. The summed E-state index contributed by atoms with van der Waals surface area (Å²) in [5.74, 6) is -0.900. The average molecular weight is 432 g/mol. The SMILES string of the molecule is CCCCCC(C)=CC=C(C)C(=O)c1c(O)cc(C(C)CCC=CNC(=O)O)oc1=O. The van der Waals surface area contributed by atoms with E-state index in [-0.39, 0.29) is 17.2 Å². The molecule has 1 aromatic heterocycles. The molecule has 0 fully saturated rings. The quantitative estimate of drug-likeness (QED) is 0.170. The molecule has 7 nitrogen and oxygen atoms in total. The topological polar surface area (TPSA) is 117 Å². The van der Waals surface area contributed by atoms with Crippen molar-refractivity contribution in [2.45, 2.75) is 72.1 Å². The normalized spacial score (nSPS) is 13.4. The minimum absolute atomic E-state index is 0.206. The zero-order valence-electron chi connectivity index (χ0n) is 18.7. The van der Waals surface area contributed by atoms with Crippen molar-refractivity contribution in [3.05, 3.63) is 63.4 Å². The summed E-state index contributed by atoms with van der Waals surface area (Å²) in [5, 5.41) is 20.9. The molecular formula is C24H33NO6. The van der Waals surface area contributed by atoms with Crippen molar-refractivity contribution in [2.24, 2.45) is 0 Å². The number of rotatable bonds is 12. The van der Waals surface area contributed by atoms with Gasteiger partial charge in [0.1, 0.15) is 17.1 Å². The van der Waals surface area contributed by atoms with Crippen LogP contribution in [0.1, 0.15) is 88.3 Å². The van der Waals surface area contributed by atoms with Crippen molar-refractivity contribution in [1.82, 2.24) is 5.32 Å². The van der Waals surface area contributed by atoms with Gasteiger partial charge in [0.05, 0.1) is 0 Å². The molecule has 1 aromatic rings. The fourth-order valence-electron chi connectivity index (χ4n) is 2.93. The maximum atomic E-state index is 12.7. The van der Waals surface area contributed by atoms with Gasteiger partial charge in [-0.25, -0.2) is 9.59 Å². The highest BCUT2D eigenvalue weighted by Gasteiger charge is 2.21. The molecular weight excluding hydrogens is 398 g/mol. The highest BCUT2D eigenvalue weighted by atomic mass is 16.4. The minimum atomic E-state index is -1.15. The van der Waals surface area contributed by atoms with E-state index < -0.39 is 23.3 Å². The molecule has 1 atom stereocenters. The van der Waals surface area contributed by atoms with E-state index >= 15 is 0 Å². The first-order chi connectivity index (χ1) is 14.7. The average Bonchev–Trinajstić information content (AvgIpc) is 2.70. The molecule has 3 N–H and O–H groups in total. The van der Waals surface area contributed by atoms with Gasteiger partial charge in [0.15, 0.2) is 5.78 Å². The minimum Gasteiger partial charge on any atom is -0.507 e. The summed E-state index contributed by atoms with van der Waals surface area (Å²) in [7, 11) is 0. The Hall–Kier alpha value is -3.09. The lowest BCUT2D eigenvalue weighted by Crippen LogP contribution is -2.16. The van der Waals surface area contributed by atoms with Crippen molar-refractivity contribution in [3.8, 4) is 5.75 Å². The zero-order valence-corrected chi connectivity index (χ0v) is 18.7. The van der Waals surface area contributed by atoms with Crippen LogP contribution >= 0.6 is 0 Å². The van der Waals surface area contributed by atoms with Gasteiger partial charge >= 0.3 is 11.7 Å². The summed E-state index contributed by atoms with van der Waals surface area (Å²) in [6.07, 6.45) is 10.8. The lowest BCUT2D eigenvalue weighted by Gasteiger charge is -2.11. The van der Waals surface area contributed by atoms with Crippen LogP contribution in [0, 0.1) is 0 Å². The van der Waals surface area contributed by atoms with Gasteiger partial charge < -0.3 is 14.6 Å². The second-order valence-electron chi connectivity index (χ2n) is 7.68. The molecule has 0 aliphatic carbocycles. The number of allylic oxidation sites excluding steroid dienone is 5. The predicted molar refractivity (Wildman–Crippen MR) is 121 cm³/mol. The number of carboxylic acid groups (broad SMARTS) is 1. The van der Waals surface area contributed by atoms with Crippen molar-refractivity contribution in [1.29, 1.82) is 0 Å². The molecule has 1 unspecified atom stereocenters. The Kier molecular flexibility index (Phi) is 11.1. The molecule has 1 amide bonds. The number of carbonyl (C=O) groups excluding carboxylic acids is 1. The van der Waals surface area contributed by atoms with E-state index in [0.717, 1.165) is 31.3 Å². The van der Waals surface area contributed by atoms with Gasteiger partial charge in [-0.3, -0.25) is 10.1 Å². The Morgan fingerprint density at radius 1 is 1.23 bits per heavy atom. The van der Waals surface area contributed by atoms with Crippen LogP contribution in [0.25, 0.3) is 0 Å². The first-order valence-corrected chi connectivity index (χ1v) is 10.6. The second-order valence-corrected chi connectivity index (χ2v) is 7.68. The molecule has 170 valence electrons. The van der Waals surface area contributed by atoms with Crippen molar-refractivity contribution >= 4 is 11.9 Å². The number of carbonyl (C=O) groups is 2. The van der Waals surface area contributed by atoms with Crippen molar-refractivity contribution < 1.29 is 24.2 Å². The number of amides is 1. The monoisotopic (exact) mass is 431 g/mol. The van der Waals surface area contributed by atoms with E-state index in [4.69, 9.17) is 9.52 Å². The largest absolute Gasteiger partial charge is 0.507 e. The maximum Gasteiger partial charge on any atom is 0.408 e. The number of aromatic hydroxyl groups is 1. The molecule has 0 aromatic carbocycles. The van der Waals surface area contributed by atoms with Gasteiger partial charge in [0.2, 0.25) is 0 Å². The fourth-order valence-corrected chi connectivity index (χ4v) is 2.93. The van der Waals surface area contributed by atoms with Crippen LogP contribution in [0.4, 0.5) is 4.79 Å². The summed E-state index contributed by atoms with van der Waals surface area (Å²) in [6.45, 7) is 7.56.